The Bertz CT molecular complexity index is 733. The summed E-state index contributed by atoms with van der Waals surface area (Å²) in [5, 5.41) is 5.84. The first-order valence-electron chi connectivity index (χ1n) is 9.80. The minimum Gasteiger partial charge on any atom is -0.344 e. The second kappa shape index (κ2) is 7.71. The predicted molar refractivity (Wildman–Crippen MR) is 104 cm³/mol. The van der Waals surface area contributed by atoms with Gasteiger partial charge in [-0.05, 0) is 44.2 Å². The fourth-order valence-electron chi connectivity index (χ4n) is 4.34. The van der Waals surface area contributed by atoms with E-state index in [0.717, 1.165) is 36.1 Å². The lowest BCUT2D eigenvalue weighted by atomic mass is 9.79. The van der Waals surface area contributed by atoms with Gasteiger partial charge in [-0.15, -0.1) is 0 Å². The number of nitrogens with one attached hydrogen (secondary N) is 2. The molecule has 0 spiro atoms. The molecule has 6 heteroatoms. The van der Waals surface area contributed by atoms with Crippen LogP contribution in [-0.4, -0.2) is 41.2 Å². The molecule has 2 fully saturated rings. The lowest BCUT2D eigenvalue weighted by Crippen LogP contribution is -2.61. The molecule has 1 aromatic carbocycles. The minimum absolute atomic E-state index is 0.0977. The number of anilines is 1. The van der Waals surface area contributed by atoms with Crippen molar-refractivity contribution >= 4 is 23.4 Å². The van der Waals surface area contributed by atoms with Gasteiger partial charge >= 0.3 is 0 Å². The average Bonchev–Trinajstić information content (AvgIpc) is 3.10. The third-order valence-corrected chi connectivity index (χ3v) is 6.09. The molecule has 0 unspecified atom stereocenters. The molecule has 6 nitrogen and oxygen atoms in total. The number of nitrogens with zero attached hydrogens (tertiary/aromatic N) is 1. The van der Waals surface area contributed by atoms with E-state index in [1.165, 1.54) is 0 Å². The summed E-state index contributed by atoms with van der Waals surface area (Å²) in [5.41, 5.74) is 1.97. The van der Waals surface area contributed by atoms with E-state index < -0.39 is 11.6 Å². The Labute approximate surface area is 160 Å². The zero-order valence-electron chi connectivity index (χ0n) is 16.4. The highest BCUT2D eigenvalue weighted by molar-refractivity contribution is 6.02. The van der Waals surface area contributed by atoms with Crippen molar-refractivity contribution in [2.75, 3.05) is 12.4 Å². The van der Waals surface area contributed by atoms with Gasteiger partial charge in [0.25, 0.3) is 0 Å². The Balaban J connectivity index is 1.86. The smallest absolute Gasteiger partial charge is 0.250 e. The summed E-state index contributed by atoms with van der Waals surface area (Å²) in [5.74, 6) is -0.390. The van der Waals surface area contributed by atoms with Crippen molar-refractivity contribution < 1.29 is 14.4 Å². The Morgan fingerprint density at radius 1 is 1.15 bits per heavy atom. The van der Waals surface area contributed by atoms with Crippen LogP contribution < -0.4 is 10.6 Å². The van der Waals surface area contributed by atoms with Crippen LogP contribution in [0.25, 0.3) is 0 Å². The van der Waals surface area contributed by atoms with Crippen LogP contribution in [-0.2, 0) is 14.4 Å². The normalized spacial score (nSPS) is 21.4. The van der Waals surface area contributed by atoms with Gasteiger partial charge in [-0.3, -0.25) is 14.4 Å². The average molecular weight is 371 g/mol. The van der Waals surface area contributed by atoms with Crippen molar-refractivity contribution in [3.63, 3.8) is 0 Å². The monoisotopic (exact) mass is 371 g/mol. The lowest BCUT2D eigenvalue weighted by Gasteiger charge is -2.44. The zero-order valence-corrected chi connectivity index (χ0v) is 16.4. The highest BCUT2D eigenvalue weighted by Gasteiger charge is 2.47. The first kappa shape index (κ1) is 19.4. The molecular formula is C21H29N3O3. The number of carbonyl (C=O) groups excluding carboxylic acids is 3. The minimum atomic E-state index is -0.864. The van der Waals surface area contributed by atoms with E-state index in [1.807, 2.05) is 32.0 Å². The van der Waals surface area contributed by atoms with Gasteiger partial charge in [0, 0.05) is 19.2 Å². The van der Waals surface area contributed by atoms with Crippen LogP contribution in [0.3, 0.4) is 0 Å². The number of para-hydroxylation sites is 1. The largest absolute Gasteiger partial charge is 0.344 e. The molecule has 2 aliphatic rings. The molecule has 1 atom stereocenters. The molecule has 1 aromatic rings. The molecular weight excluding hydrogens is 342 g/mol. The maximum Gasteiger partial charge on any atom is 0.250 e. The molecule has 3 rings (SSSR count). The van der Waals surface area contributed by atoms with Crippen LogP contribution in [0.15, 0.2) is 18.2 Å². The molecule has 0 aromatic heterocycles. The topological polar surface area (TPSA) is 78.5 Å². The third-order valence-electron chi connectivity index (χ3n) is 6.09. The second-order valence-corrected chi connectivity index (χ2v) is 7.87. The van der Waals surface area contributed by atoms with E-state index in [-0.39, 0.29) is 17.7 Å². The maximum atomic E-state index is 13.4. The Morgan fingerprint density at radius 2 is 1.78 bits per heavy atom. The van der Waals surface area contributed by atoms with Crippen LogP contribution in [0, 0.1) is 13.8 Å². The summed E-state index contributed by atoms with van der Waals surface area (Å²) in [6, 6.07) is 5.39. The van der Waals surface area contributed by atoms with Crippen LogP contribution in [0.5, 0.6) is 0 Å². The van der Waals surface area contributed by atoms with E-state index >= 15 is 0 Å². The fraction of sp³-hybridized carbons (Fsp3) is 0.571. The Kier molecular flexibility index (Phi) is 5.53. The summed E-state index contributed by atoms with van der Waals surface area (Å²) >= 11 is 0. The number of carbonyl (C=O) groups is 3. The van der Waals surface area contributed by atoms with Gasteiger partial charge in [-0.1, -0.05) is 37.5 Å². The van der Waals surface area contributed by atoms with E-state index in [9.17, 15) is 14.4 Å². The Morgan fingerprint density at radius 3 is 2.33 bits per heavy atom. The first-order chi connectivity index (χ1) is 12.8. The summed E-state index contributed by atoms with van der Waals surface area (Å²) in [4.78, 5) is 39.6. The molecule has 1 heterocycles. The number of hydrogen-bond acceptors (Lipinski definition) is 3. The molecule has 146 valence electrons. The van der Waals surface area contributed by atoms with E-state index in [4.69, 9.17) is 0 Å². The SMILES string of the molecule is Cc1cccc(C)c1NC(=O)C1(N(C)C(=O)[C@H]2CCC(=O)N2)CCCCC1. The van der Waals surface area contributed by atoms with Gasteiger partial charge in [-0.2, -0.15) is 0 Å². The van der Waals surface area contributed by atoms with Crippen molar-refractivity contribution in [3.8, 4) is 0 Å². The summed E-state index contributed by atoms with van der Waals surface area (Å²) in [6.45, 7) is 3.94. The lowest BCUT2D eigenvalue weighted by molar-refractivity contribution is -0.147. The quantitative estimate of drug-likeness (QED) is 0.854. The van der Waals surface area contributed by atoms with Crippen molar-refractivity contribution in [2.24, 2.45) is 0 Å². The highest BCUT2D eigenvalue weighted by Crippen LogP contribution is 2.35. The van der Waals surface area contributed by atoms with Crippen molar-refractivity contribution in [3.05, 3.63) is 29.3 Å². The summed E-state index contributed by atoms with van der Waals surface area (Å²) in [6.07, 6.45) is 5.05. The van der Waals surface area contributed by atoms with E-state index in [2.05, 4.69) is 10.6 Å². The molecule has 0 radical (unpaired) electrons. The first-order valence-corrected chi connectivity index (χ1v) is 9.80. The molecule has 27 heavy (non-hydrogen) atoms. The van der Waals surface area contributed by atoms with Crippen LogP contribution in [0.4, 0.5) is 5.69 Å². The number of amides is 3. The molecule has 2 N–H and O–H groups in total. The summed E-state index contributed by atoms with van der Waals surface area (Å²) < 4.78 is 0. The van der Waals surface area contributed by atoms with Crippen LogP contribution in [0.2, 0.25) is 0 Å². The van der Waals surface area contributed by atoms with Gasteiger partial charge < -0.3 is 15.5 Å². The van der Waals surface area contributed by atoms with Gasteiger partial charge in [0.2, 0.25) is 17.7 Å². The maximum absolute atomic E-state index is 13.4. The van der Waals surface area contributed by atoms with Gasteiger partial charge in [0.05, 0.1) is 0 Å². The second-order valence-electron chi connectivity index (χ2n) is 7.87. The molecule has 1 aliphatic carbocycles. The standard InChI is InChI=1S/C21H29N3O3/c1-14-8-7-9-15(2)18(14)23-20(27)21(12-5-4-6-13-21)24(3)19(26)16-10-11-17(25)22-16/h7-9,16H,4-6,10-13H2,1-3H3,(H,22,25)(H,23,27)/t16-/m1/s1. The number of hydrogen-bond donors (Lipinski definition) is 2. The van der Waals surface area contributed by atoms with Crippen molar-refractivity contribution in [1.29, 1.82) is 0 Å². The predicted octanol–water partition coefficient (Wildman–Crippen LogP) is 2.68. The third kappa shape index (κ3) is 3.70. The molecule has 1 saturated carbocycles. The van der Waals surface area contributed by atoms with Crippen LogP contribution >= 0.6 is 0 Å². The molecule has 1 saturated heterocycles. The molecule has 0 bridgehead atoms. The Hall–Kier alpha value is -2.37. The van der Waals surface area contributed by atoms with Gasteiger partial charge in [-0.25, -0.2) is 0 Å². The summed E-state index contributed by atoms with van der Waals surface area (Å²) in [7, 11) is 1.71. The molecule has 3 amide bonds. The van der Waals surface area contributed by atoms with Gasteiger partial charge in [0.15, 0.2) is 0 Å². The fourth-order valence-corrected chi connectivity index (χ4v) is 4.34. The zero-order chi connectivity index (χ0) is 19.6. The van der Waals surface area contributed by atoms with Crippen molar-refractivity contribution in [1.82, 2.24) is 10.2 Å². The number of benzene rings is 1. The number of aryl methyl sites for hydroxylation is 2. The van der Waals surface area contributed by atoms with Crippen molar-refractivity contribution in [2.45, 2.75) is 70.4 Å². The van der Waals surface area contributed by atoms with Gasteiger partial charge in [0.1, 0.15) is 11.6 Å². The number of rotatable bonds is 4. The molecule has 1 aliphatic heterocycles. The van der Waals surface area contributed by atoms with E-state index in [0.29, 0.717) is 25.7 Å². The van der Waals surface area contributed by atoms with Crippen LogP contribution in [0.1, 0.15) is 56.1 Å². The number of likely N-dealkylation sites (N-methyl/N-ethyl adjacent to an activating group) is 1. The van der Waals surface area contributed by atoms with E-state index in [1.54, 1.807) is 11.9 Å². The highest BCUT2D eigenvalue weighted by atomic mass is 16.2.